The third-order valence-corrected chi connectivity index (χ3v) is 1.40. The zero-order chi connectivity index (χ0) is 7.98. The van der Waals surface area contributed by atoms with Gasteiger partial charge in [-0.1, -0.05) is 12.7 Å². The molecule has 0 aliphatic rings. The molecule has 0 bridgehead atoms. The first-order valence-corrected chi connectivity index (χ1v) is 3.45. The monoisotopic (exact) mass is 198 g/mol. The van der Waals surface area contributed by atoms with E-state index < -0.39 is 0 Å². The number of rotatable bonds is 2. The van der Waals surface area contributed by atoms with E-state index in [0.29, 0.717) is 10.2 Å². The van der Waals surface area contributed by atoms with Crippen LogP contribution in [-0.2, 0) is 0 Å². The van der Waals surface area contributed by atoms with Crippen LogP contribution in [0, 0.1) is 11.3 Å². The lowest BCUT2D eigenvalue weighted by molar-refractivity contribution is 1.50. The summed E-state index contributed by atoms with van der Waals surface area (Å²) in [4.78, 5) is 3.84. The number of aliphatic imine (C=N–C) groups is 1. The Labute approximate surface area is 68.7 Å². The van der Waals surface area contributed by atoms with Crippen LogP contribution in [0.5, 0.6) is 0 Å². The van der Waals surface area contributed by atoms with Crippen molar-refractivity contribution in [2.75, 3.05) is 0 Å². The summed E-state index contributed by atoms with van der Waals surface area (Å²) < 4.78 is 0.480. The molecule has 0 rings (SSSR count). The van der Waals surface area contributed by atoms with Gasteiger partial charge in [0.25, 0.3) is 0 Å². The van der Waals surface area contributed by atoms with Gasteiger partial charge in [-0.25, -0.2) is 4.99 Å². The summed E-state index contributed by atoms with van der Waals surface area (Å²) >= 11 is 3.08. The molecule has 0 radical (unpaired) electrons. The summed E-state index contributed by atoms with van der Waals surface area (Å²) in [6.45, 7) is 5.30. The van der Waals surface area contributed by atoms with Gasteiger partial charge < -0.3 is 0 Å². The summed E-state index contributed by atoms with van der Waals surface area (Å²) in [5.74, 6) is 0. The second-order valence-corrected chi connectivity index (χ2v) is 2.24. The fourth-order valence-corrected chi connectivity index (χ4v) is 0.471. The van der Waals surface area contributed by atoms with Crippen LogP contribution in [0.1, 0.15) is 6.92 Å². The SMILES string of the molecule is C=C(C#N)/C(Br)=N\C=C/C. The Kier molecular flexibility index (Phi) is 4.51. The Hall–Kier alpha value is -0.880. The average Bonchev–Trinajstić information content (AvgIpc) is 1.98. The standard InChI is InChI=1S/C7H7BrN2/c1-3-4-10-7(8)6(2)5-9/h3-4H,2H2,1H3/b4-3-,10-7+. The summed E-state index contributed by atoms with van der Waals surface area (Å²) in [7, 11) is 0. The van der Waals surface area contributed by atoms with Gasteiger partial charge in [0.05, 0.1) is 5.57 Å². The lowest BCUT2D eigenvalue weighted by atomic mass is 10.4. The van der Waals surface area contributed by atoms with Gasteiger partial charge in [-0.3, -0.25) is 0 Å². The van der Waals surface area contributed by atoms with E-state index in [9.17, 15) is 0 Å². The highest BCUT2D eigenvalue weighted by Gasteiger charge is 1.94. The minimum Gasteiger partial charge on any atom is -0.248 e. The fraction of sp³-hybridized carbons (Fsp3) is 0.143. The summed E-state index contributed by atoms with van der Waals surface area (Å²) in [6, 6.07) is 1.87. The number of nitrogens with zero attached hydrogens (tertiary/aromatic N) is 2. The van der Waals surface area contributed by atoms with E-state index in [4.69, 9.17) is 5.26 Å². The van der Waals surface area contributed by atoms with E-state index in [2.05, 4.69) is 27.5 Å². The molecular formula is C7H7BrN2. The molecule has 0 heterocycles. The molecule has 0 fully saturated rings. The molecule has 10 heavy (non-hydrogen) atoms. The van der Waals surface area contributed by atoms with Crippen LogP contribution >= 0.6 is 15.9 Å². The van der Waals surface area contributed by atoms with Gasteiger partial charge in [-0.05, 0) is 22.9 Å². The first kappa shape index (κ1) is 9.12. The number of hydrogen-bond acceptors (Lipinski definition) is 2. The third-order valence-electron chi connectivity index (χ3n) is 0.721. The molecule has 0 saturated heterocycles. The van der Waals surface area contributed by atoms with Gasteiger partial charge >= 0.3 is 0 Å². The van der Waals surface area contributed by atoms with Crippen molar-refractivity contribution in [2.24, 2.45) is 4.99 Å². The molecule has 0 amide bonds. The van der Waals surface area contributed by atoms with Crippen LogP contribution < -0.4 is 0 Å². The molecule has 0 N–H and O–H groups in total. The molecule has 0 aromatic rings. The van der Waals surface area contributed by atoms with E-state index in [0.717, 1.165) is 0 Å². The zero-order valence-corrected chi connectivity index (χ0v) is 7.22. The largest absolute Gasteiger partial charge is 0.248 e. The van der Waals surface area contributed by atoms with Crippen LogP contribution in [0.4, 0.5) is 0 Å². The Morgan fingerprint density at radius 3 is 2.80 bits per heavy atom. The van der Waals surface area contributed by atoms with Crippen LogP contribution in [0.3, 0.4) is 0 Å². The van der Waals surface area contributed by atoms with Crippen molar-refractivity contribution < 1.29 is 0 Å². The quantitative estimate of drug-likeness (QED) is 0.496. The highest BCUT2D eigenvalue weighted by Crippen LogP contribution is 2.01. The predicted octanol–water partition coefficient (Wildman–Crippen LogP) is 2.39. The smallest absolute Gasteiger partial charge is 0.123 e. The minimum absolute atomic E-state index is 0.332. The Balaban J connectivity index is 4.23. The van der Waals surface area contributed by atoms with E-state index in [1.54, 1.807) is 12.3 Å². The van der Waals surface area contributed by atoms with Gasteiger partial charge in [-0.2, -0.15) is 5.26 Å². The number of allylic oxidation sites excluding steroid dienone is 2. The first-order valence-electron chi connectivity index (χ1n) is 2.66. The van der Waals surface area contributed by atoms with E-state index in [1.807, 2.05) is 13.0 Å². The Bertz CT molecular complexity index is 220. The van der Waals surface area contributed by atoms with Crippen LogP contribution in [0.2, 0.25) is 0 Å². The van der Waals surface area contributed by atoms with Crippen molar-refractivity contribution in [1.29, 1.82) is 5.26 Å². The van der Waals surface area contributed by atoms with Crippen molar-refractivity contribution in [2.45, 2.75) is 6.92 Å². The van der Waals surface area contributed by atoms with Crippen molar-refractivity contribution in [3.8, 4) is 6.07 Å². The molecule has 0 aromatic carbocycles. The molecule has 3 heteroatoms. The average molecular weight is 199 g/mol. The number of nitriles is 1. The third kappa shape index (κ3) is 3.21. The Morgan fingerprint density at radius 1 is 1.80 bits per heavy atom. The summed E-state index contributed by atoms with van der Waals surface area (Å²) in [6.07, 6.45) is 3.36. The van der Waals surface area contributed by atoms with Crippen LogP contribution in [0.25, 0.3) is 0 Å². The number of halogens is 1. The maximum Gasteiger partial charge on any atom is 0.123 e. The van der Waals surface area contributed by atoms with Gasteiger partial charge in [0, 0.05) is 6.20 Å². The topological polar surface area (TPSA) is 36.1 Å². The molecule has 52 valence electrons. The molecule has 0 saturated carbocycles. The van der Waals surface area contributed by atoms with E-state index in [1.165, 1.54) is 0 Å². The number of hydrogen-bond donors (Lipinski definition) is 0. The van der Waals surface area contributed by atoms with E-state index >= 15 is 0 Å². The van der Waals surface area contributed by atoms with Crippen LogP contribution in [0.15, 0.2) is 29.4 Å². The van der Waals surface area contributed by atoms with Crippen molar-refractivity contribution in [1.82, 2.24) is 0 Å². The normalized spacial score (nSPS) is 11.5. The molecule has 0 unspecified atom stereocenters. The molecular weight excluding hydrogens is 192 g/mol. The van der Waals surface area contributed by atoms with Crippen molar-refractivity contribution in [3.63, 3.8) is 0 Å². The van der Waals surface area contributed by atoms with Gasteiger partial charge in [0.2, 0.25) is 0 Å². The summed E-state index contributed by atoms with van der Waals surface area (Å²) in [5.41, 5.74) is 0.332. The van der Waals surface area contributed by atoms with Gasteiger partial charge in [0.15, 0.2) is 0 Å². The predicted molar refractivity (Wildman–Crippen MR) is 45.9 cm³/mol. The van der Waals surface area contributed by atoms with Crippen molar-refractivity contribution >= 4 is 20.6 Å². The summed E-state index contributed by atoms with van der Waals surface area (Å²) in [5, 5.41) is 8.32. The lowest BCUT2D eigenvalue weighted by Crippen LogP contribution is -1.85. The van der Waals surface area contributed by atoms with Gasteiger partial charge in [0.1, 0.15) is 10.7 Å². The van der Waals surface area contributed by atoms with Crippen LogP contribution in [-0.4, -0.2) is 4.62 Å². The zero-order valence-electron chi connectivity index (χ0n) is 5.63. The highest BCUT2D eigenvalue weighted by molar-refractivity contribution is 9.18. The second-order valence-electron chi connectivity index (χ2n) is 1.49. The second kappa shape index (κ2) is 4.95. The molecule has 0 aromatic heterocycles. The minimum atomic E-state index is 0.332. The maximum atomic E-state index is 8.32. The first-order chi connectivity index (χ1) is 4.72. The molecule has 2 nitrogen and oxygen atoms in total. The highest BCUT2D eigenvalue weighted by atomic mass is 79.9. The van der Waals surface area contributed by atoms with E-state index in [-0.39, 0.29) is 0 Å². The molecule has 0 aliphatic heterocycles. The Morgan fingerprint density at radius 2 is 2.40 bits per heavy atom. The lowest BCUT2D eigenvalue weighted by Gasteiger charge is -1.86. The maximum absolute atomic E-state index is 8.32. The molecule has 0 spiro atoms. The van der Waals surface area contributed by atoms with Crippen molar-refractivity contribution in [3.05, 3.63) is 24.4 Å². The molecule has 0 aliphatic carbocycles. The molecule has 0 atom stereocenters. The van der Waals surface area contributed by atoms with Gasteiger partial charge in [-0.15, -0.1) is 0 Å². The fourth-order valence-electron chi connectivity index (χ4n) is 0.264.